The van der Waals surface area contributed by atoms with E-state index < -0.39 is 29.7 Å². The molecule has 3 rings (SSSR count). The largest absolute Gasteiger partial charge is 0.349 e. The molecular formula is C23H23FN4O3. The molecule has 1 fully saturated rings. The van der Waals surface area contributed by atoms with Crippen LogP contribution in [0.1, 0.15) is 30.1 Å². The van der Waals surface area contributed by atoms with Crippen LogP contribution in [-0.4, -0.2) is 41.2 Å². The lowest BCUT2D eigenvalue weighted by atomic mass is 10.1. The minimum atomic E-state index is -0.695. The van der Waals surface area contributed by atoms with Gasteiger partial charge in [0.15, 0.2) is 0 Å². The maximum Gasteiger partial charge on any atom is 0.251 e. The quantitative estimate of drug-likeness (QED) is 0.747. The number of carbonyl (C=O) groups is 3. The average Bonchev–Trinajstić information content (AvgIpc) is 3.19. The van der Waals surface area contributed by atoms with Crippen molar-refractivity contribution >= 4 is 23.4 Å². The van der Waals surface area contributed by atoms with Gasteiger partial charge in [-0.05, 0) is 49.7 Å². The van der Waals surface area contributed by atoms with Gasteiger partial charge in [0.05, 0.1) is 12.0 Å². The molecule has 0 spiro atoms. The summed E-state index contributed by atoms with van der Waals surface area (Å²) in [4.78, 5) is 38.9. The third kappa shape index (κ3) is 5.66. The van der Waals surface area contributed by atoms with Gasteiger partial charge in [-0.15, -0.1) is 0 Å². The first kappa shape index (κ1) is 22.0. The van der Waals surface area contributed by atoms with Gasteiger partial charge in [-0.3, -0.25) is 14.4 Å². The van der Waals surface area contributed by atoms with E-state index in [4.69, 9.17) is 0 Å². The van der Waals surface area contributed by atoms with Gasteiger partial charge in [0.25, 0.3) is 5.91 Å². The van der Waals surface area contributed by atoms with E-state index in [1.54, 1.807) is 31.2 Å². The molecule has 0 saturated carbocycles. The van der Waals surface area contributed by atoms with Gasteiger partial charge in [-0.2, -0.15) is 5.26 Å². The Labute approximate surface area is 179 Å². The van der Waals surface area contributed by atoms with Crippen LogP contribution >= 0.6 is 0 Å². The fourth-order valence-electron chi connectivity index (χ4n) is 3.53. The van der Waals surface area contributed by atoms with Crippen molar-refractivity contribution in [1.82, 2.24) is 10.2 Å². The second-order valence-corrected chi connectivity index (χ2v) is 7.56. The second kappa shape index (κ2) is 9.85. The molecule has 1 heterocycles. The lowest BCUT2D eigenvalue weighted by Gasteiger charge is -2.22. The molecule has 7 nitrogen and oxygen atoms in total. The van der Waals surface area contributed by atoms with Crippen molar-refractivity contribution in [1.29, 1.82) is 5.26 Å². The number of nitrogens with zero attached hydrogens (tertiary/aromatic N) is 2. The first-order valence-corrected chi connectivity index (χ1v) is 9.98. The minimum absolute atomic E-state index is 0.0157. The topological polar surface area (TPSA) is 102 Å². The summed E-state index contributed by atoms with van der Waals surface area (Å²) >= 11 is 0. The zero-order valence-electron chi connectivity index (χ0n) is 17.0. The Morgan fingerprint density at radius 2 is 1.84 bits per heavy atom. The molecule has 31 heavy (non-hydrogen) atoms. The van der Waals surface area contributed by atoms with Crippen LogP contribution in [0.2, 0.25) is 0 Å². The van der Waals surface area contributed by atoms with E-state index in [1.807, 2.05) is 6.07 Å². The molecule has 3 amide bonds. The summed E-state index contributed by atoms with van der Waals surface area (Å²) in [5.41, 5.74) is 0.942. The molecule has 8 heteroatoms. The number of likely N-dealkylation sites (tertiary alicyclic amines) is 1. The van der Waals surface area contributed by atoms with Crippen molar-refractivity contribution in [3.05, 3.63) is 66.0 Å². The predicted octanol–water partition coefficient (Wildman–Crippen LogP) is 2.71. The minimum Gasteiger partial charge on any atom is -0.349 e. The van der Waals surface area contributed by atoms with E-state index in [1.165, 1.54) is 29.2 Å². The van der Waals surface area contributed by atoms with Crippen LogP contribution < -0.4 is 10.6 Å². The normalized spacial score (nSPS) is 18.7. The Balaban J connectivity index is 1.56. The molecule has 2 aromatic rings. The van der Waals surface area contributed by atoms with Crippen molar-refractivity contribution in [2.75, 3.05) is 11.9 Å². The predicted molar refractivity (Wildman–Crippen MR) is 112 cm³/mol. The Morgan fingerprint density at radius 1 is 1.16 bits per heavy atom. The molecule has 0 bridgehead atoms. The number of hydrogen-bond donors (Lipinski definition) is 2. The summed E-state index contributed by atoms with van der Waals surface area (Å²) in [6.45, 7) is 1.82. The zero-order chi connectivity index (χ0) is 22.4. The van der Waals surface area contributed by atoms with Gasteiger partial charge in [-0.25, -0.2) is 4.39 Å². The standard InChI is InChI=1S/C23H23FN4O3/c1-15(26-22(30)16-7-9-18(24)10-8-16)11-21(29)28-14-17(12-20(28)13-25)23(31)27-19-5-3-2-4-6-19/h2-10,15,17,20H,11-12,14H2,1H3,(H,26,30)(H,27,31). The molecule has 2 aromatic carbocycles. The Kier molecular flexibility index (Phi) is 6.98. The summed E-state index contributed by atoms with van der Waals surface area (Å²) < 4.78 is 13.0. The van der Waals surface area contributed by atoms with Gasteiger partial charge in [0.1, 0.15) is 11.9 Å². The zero-order valence-corrected chi connectivity index (χ0v) is 17.0. The van der Waals surface area contributed by atoms with Crippen LogP contribution in [0.4, 0.5) is 10.1 Å². The van der Waals surface area contributed by atoms with Crippen LogP contribution in [0.25, 0.3) is 0 Å². The molecule has 0 aliphatic carbocycles. The first-order valence-electron chi connectivity index (χ1n) is 9.98. The van der Waals surface area contributed by atoms with Crippen LogP contribution in [0.15, 0.2) is 54.6 Å². The number of benzene rings is 2. The SMILES string of the molecule is CC(CC(=O)N1CC(C(=O)Nc2ccccc2)CC1C#N)NC(=O)c1ccc(F)cc1. The fraction of sp³-hybridized carbons (Fsp3) is 0.304. The van der Waals surface area contributed by atoms with Crippen molar-refractivity contribution in [2.24, 2.45) is 5.92 Å². The monoisotopic (exact) mass is 422 g/mol. The van der Waals surface area contributed by atoms with Gasteiger partial charge in [0, 0.05) is 30.3 Å². The highest BCUT2D eigenvalue weighted by molar-refractivity contribution is 5.95. The van der Waals surface area contributed by atoms with E-state index >= 15 is 0 Å². The lowest BCUT2D eigenvalue weighted by Crippen LogP contribution is -2.41. The summed E-state index contributed by atoms with van der Waals surface area (Å²) in [6, 6.07) is 15.0. The average molecular weight is 422 g/mol. The molecule has 3 unspecified atom stereocenters. The maximum atomic E-state index is 13.0. The van der Waals surface area contributed by atoms with Gasteiger partial charge >= 0.3 is 0 Å². The summed E-state index contributed by atoms with van der Waals surface area (Å²) in [5.74, 6) is -1.90. The molecule has 1 saturated heterocycles. The molecule has 0 aromatic heterocycles. The lowest BCUT2D eigenvalue weighted by molar-refractivity contribution is -0.131. The van der Waals surface area contributed by atoms with Crippen molar-refractivity contribution in [3.63, 3.8) is 0 Å². The summed E-state index contributed by atoms with van der Waals surface area (Å²) in [7, 11) is 0. The highest BCUT2D eigenvalue weighted by atomic mass is 19.1. The molecule has 1 aliphatic heterocycles. The van der Waals surface area contributed by atoms with Crippen molar-refractivity contribution in [2.45, 2.75) is 31.8 Å². The van der Waals surface area contributed by atoms with Gasteiger partial charge in [-0.1, -0.05) is 18.2 Å². The summed E-state index contributed by atoms with van der Waals surface area (Å²) in [5, 5.41) is 15.0. The first-order chi connectivity index (χ1) is 14.9. The third-order valence-electron chi connectivity index (χ3n) is 5.15. The number of anilines is 1. The third-order valence-corrected chi connectivity index (χ3v) is 5.15. The van der Waals surface area contributed by atoms with Gasteiger partial charge in [0.2, 0.25) is 11.8 Å². The van der Waals surface area contributed by atoms with E-state index in [0.29, 0.717) is 5.69 Å². The number of para-hydroxylation sites is 1. The van der Waals surface area contributed by atoms with Crippen LogP contribution in [0.3, 0.4) is 0 Å². The van der Waals surface area contributed by atoms with E-state index in [2.05, 4.69) is 16.7 Å². The number of carbonyl (C=O) groups excluding carboxylic acids is 3. The number of nitrogens with one attached hydrogen (secondary N) is 2. The van der Waals surface area contributed by atoms with Crippen LogP contribution in [-0.2, 0) is 9.59 Å². The Bertz CT molecular complexity index is 988. The highest BCUT2D eigenvalue weighted by Crippen LogP contribution is 2.25. The molecule has 2 N–H and O–H groups in total. The van der Waals surface area contributed by atoms with E-state index in [9.17, 15) is 24.0 Å². The Morgan fingerprint density at radius 3 is 2.48 bits per heavy atom. The van der Waals surface area contributed by atoms with E-state index in [0.717, 1.165) is 0 Å². The second-order valence-electron chi connectivity index (χ2n) is 7.56. The molecule has 160 valence electrons. The fourth-order valence-corrected chi connectivity index (χ4v) is 3.53. The molecule has 0 radical (unpaired) electrons. The number of rotatable bonds is 6. The van der Waals surface area contributed by atoms with Crippen LogP contribution in [0.5, 0.6) is 0 Å². The number of amides is 3. The smallest absolute Gasteiger partial charge is 0.251 e. The van der Waals surface area contributed by atoms with Crippen LogP contribution in [0, 0.1) is 23.1 Å². The molecular weight excluding hydrogens is 399 g/mol. The van der Waals surface area contributed by atoms with Crippen molar-refractivity contribution < 1.29 is 18.8 Å². The molecule has 3 atom stereocenters. The van der Waals surface area contributed by atoms with Crippen molar-refractivity contribution in [3.8, 4) is 6.07 Å². The highest BCUT2D eigenvalue weighted by Gasteiger charge is 2.39. The number of nitriles is 1. The maximum absolute atomic E-state index is 13.0. The van der Waals surface area contributed by atoms with E-state index in [-0.39, 0.29) is 36.8 Å². The Hall–Kier alpha value is -3.73. The molecule has 1 aliphatic rings. The summed E-state index contributed by atoms with van der Waals surface area (Å²) in [6.07, 6.45) is 0.245. The number of hydrogen-bond acceptors (Lipinski definition) is 4. The van der Waals surface area contributed by atoms with Gasteiger partial charge < -0.3 is 15.5 Å². The number of halogens is 1.